The lowest BCUT2D eigenvalue weighted by Gasteiger charge is -2.03. The van der Waals surface area contributed by atoms with Crippen LogP contribution in [0.1, 0.15) is 0 Å². The number of rotatable bonds is 0. The SMILES string of the molecule is c1cc2cccc3c2c(c1)c1cc2ccc4cccc(c42)c13. The second-order valence-electron chi connectivity index (χ2n) is 6.20. The molecule has 6 rings (SSSR count). The zero-order valence-electron chi connectivity index (χ0n) is 11.9. The normalized spacial score (nSPS) is 12.5. The smallest absolute Gasteiger partial charge is 0.00195 e. The van der Waals surface area contributed by atoms with Crippen molar-refractivity contribution in [3.05, 3.63) is 72.8 Å². The van der Waals surface area contributed by atoms with Gasteiger partial charge < -0.3 is 0 Å². The minimum Gasteiger partial charge on any atom is -0.0610 e. The third-order valence-corrected chi connectivity index (χ3v) is 5.13. The van der Waals surface area contributed by atoms with Gasteiger partial charge >= 0.3 is 0 Å². The van der Waals surface area contributed by atoms with E-state index >= 15 is 0 Å². The van der Waals surface area contributed by atoms with Gasteiger partial charge in [-0.3, -0.25) is 0 Å². The van der Waals surface area contributed by atoms with Crippen LogP contribution in [0, 0.1) is 0 Å². The largest absolute Gasteiger partial charge is 0.0610 e. The van der Waals surface area contributed by atoms with Gasteiger partial charge in [-0.25, -0.2) is 0 Å². The molecule has 0 heterocycles. The molecule has 0 N–H and O–H groups in total. The van der Waals surface area contributed by atoms with Crippen LogP contribution in [0.4, 0.5) is 0 Å². The van der Waals surface area contributed by atoms with E-state index in [0.29, 0.717) is 0 Å². The van der Waals surface area contributed by atoms with Gasteiger partial charge in [0.05, 0.1) is 0 Å². The van der Waals surface area contributed by atoms with Gasteiger partial charge in [-0.1, -0.05) is 66.7 Å². The minimum atomic E-state index is 1.34. The fraction of sp³-hybridized carbons (Fsp3) is 0. The maximum Gasteiger partial charge on any atom is -0.00195 e. The van der Waals surface area contributed by atoms with Gasteiger partial charge in [0.25, 0.3) is 0 Å². The van der Waals surface area contributed by atoms with E-state index in [0.717, 1.165) is 0 Å². The van der Waals surface area contributed by atoms with Crippen molar-refractivity contribution in [1.29, 1.82) is 0 Å². The molecular weight excluding hydrogens is 264 g/mol. The summed E-state index contributed by atoms with van der Waals surface area (Å²) in [6.45, 7) is 0. The van der Waals surface area contributed by atoms with Crippen LogP contribution in [-0.4, -0.2) is 0 Å². The number of hydrogen-bond acceptors (Lipinski definition) is 0. The first kappa shape index (κ1) is 10.8. The van der Waals surface area contributed by atoms with Crippen molar-refractivity contribution >= 4 is 53.9 Å². The summed E-state index contributed by atoms with van der Waals surface area (Å²) in [5, 5.41) is 13.8. The van der Waals surface area contributed by atoms with Crippen molar-refractivity contribution in [2.75, 3.05) is 0 Å². The quantitative estimate of drug-likeness (QED) is 0.304. The third-order valence-electron chi connectivity index (χ3n) is 5.13. The lowest BCUT2D eigenvalue weighted by molar-refractivity contribution is 1.85. The van der Waals surface area contributed by atoms with Crippen LogP contribution in [0.2, 0.25) is 0 Å². The summed E-state index contributed by atoms with van der Waals surface area (Å²) in [7, 11) is 0. The van der Waals surface area contributed by atoms with Crippen molar-refractivity contribution < 1.29 is 0 Å². The first-order valence-electron chi connectivity index (χ1n) is 7.72. The highest BCUT2D eigenvalue weighted by molar-refractivity contribution is 6.38. The Bertz CT molecular complexity index is 1300. The Balaban J connectivity index is 2.11. The Labute approximate surface area is 127 Å². The van der Waals surface area contributed by atoms with E-state index < -0.39 is 0 Å². The van der Waals surface area contributed by atoms with Crippen LogP contribution in [-0.2, 0) is 0 Å². The molecule has 0 bridgehead atoms. The van der Waals surface area contributed by atoms with E-state index in [1.165, 1.54) is 53.9 Å². The molecule has 0 heteroatoms. The maximum absolute atomic E-state index is 2.37. The van der Waals surface area contributed by atoms with Gasteiger partial charge in [0.15, 0.2) is 0 Å². The molecule has 0 radical (unpaired) electrons. The molecule has 0 saturated carbocycles. The first-order valence-corrected chi connectivity index (χ1v) is 7.72. The number of hydrogen-bond donors (Lipinski definition) is 0. The van der Waals surface area contributed by atoms with Gasteiger partial charge in [-0.05, 0) is 59.9 Å². The fourth-order valence-corrected chi connectivity index (χ4v) is 4.27. The molecule has 6 aromatic carbocycles. The van der Waals surface area contributed by atoms with E-state index in [1.54, 1.807) is 0 Å². The van der Waals surface area contributed by atoms with E-state index in [1.807, 2.05) is 0 Å². The summed E-state index contributed by atoms with van der Waals surface area (Å²) >= 11 is 0. The lowest BCUT2D eigenvalue weighted by Crippen LogP contribution is -1.74. The number of benzene rings is 4. The highest BCUT2D eigenvalue weighted by atomic mass is 14.2. The summed E-state index contributed by atoms with van der Waals surface area (Å²) in [4.78, 5) is 0. The van der Waals surface area contributed by atoms with Crippen LogP contribution < -0.4 is 0 Å². The molecule has 0 aliphatic heterocycles. The average Bonchev–Trinajstić information content (AvgIpc) is 3.12. The molecule has 0 unspecified atom stereocenters. The molecule has 100 valence electrons. The number of fused-ring (bicyclic) bond motifs is 4. The van der Waals surface area contributed by atoms with Crippen molar-refractivity contribution in [1.82, 2.24) is 0 Å². The predicted octanol–water partition coefficient (Wildman–Crippen LogP) is 6.33. The molecule has 0 aliphatic carbocycles. The monoisotopic (exact) mass is 276 g/mol. The fourth-order valence-electron chi connectivity index (χ4n) is 4.27. The Morgan fingerprint density at radius 1 is 0.364 bits per heavy atom. The molecule has 0 nitrogen and oxygen atoms in total. The Hall–Kier alpha value is -2.86. The molecule has 6 aromatic rings. The van der Waals surface area contributed by atoms with Crippen molar-refractivity contribution in [3.8, 4) is 0 Å². The summed E-state index contributed by atoms with van der Waals surface area (Å²) < 4.78 is 0. The van der Waals surface area contributed by atoms with Crippen LogP contribution >= 0.6 is 0 Å². The van der Waals surface area contributed by atoms with Crippen LogP contribution in [0.15, 0.2) is 72.8 Å². The Morgan fingerprint density at radius 2 is 0.955 bits per heavy atom. The molecule has 0 saturated heterocycles. The van der Waals surface area contributed by atoms with Gasteiger partial charge in [-0.15, -0.1) is 0 Å². The highest BCUT2D eigenvalue weighted by Gasteiger charge is 2.15. The van der Waals surface area contributed by atoms with Crippen LogP contribution in [0.5, 0.6) is 0 Å². The molecule has 0 fully saturated rings. The summed E-state index contributed by atoms with van der Waals surface area (Å²) in [5.41, 5.74) is 0. The van der Waals surface area contributed by atoms with E-state index in [4.69, 9.17) is 0 Å². The van der Waals surface area contributed by atoms with Crippen molar-refractivity contribution in [2.45, 2.75) is 0 Å². The molecule has 0 atom stereocenters. The van der Waals surface area contributed by atoms with E-state index in [9.17, 15) is 0 Å². The van der Waals surface area contributed by atoms with Gasteiger partial charge in [0, 0.05) is 0 Å². The molecule has 0 amide bonds. The van der Waals surface area contributed by atoms with Gasteiger partial charge in [0.2, 0.25) is 0 Å². The van der Waals surface area contributed by atoms with Crippen LogP contribution in [0.3, 0.4) is 0 Å². The molecule has 0 spiro atoms. The summed E-state index contributed by atoms with van der Waals surface area (Å²) in [6.07, 6.45) is 0. The van der Waals surface area contributed by atoms with Crippen molar-refractivity contribution in [3.63, 3.8) is 0 Å². The topological polar surface area (TPSA) is 0 Å². The molecule has 22 heavy (non-hydrogen) atoms. The Kier molecular flexibility index (Phi) is 1.71. The van der Waals surface area contributed by atoms with Crippen molar-refractivity contribution in [2.24, 2.45) is 0 Å². The third kappa shape index (κ3) is 1.09. The van der Waals surface area contributed by atoms with E-state index in [-0.39, 0.29) is 0 Å². The highest BCUT2D eigenvalue weighted by Crippen LogP contribution is 2.44. The molecular formula is C22H12. The summed E-state index contributed by atoms with van der Waals surface area (Å²) in [6, 6.07) is 26.9. The first-order chi connectivity index (χ1) is 10.9. The van der Waals surface area contributed by atoms with Gasteiger partial charge in [0.1, 0.15) is 0 Å². The van der Waals surface area contributed by atoms with E-state index in [2.05, 4.69) is 72.8 Å². The zero-order valence-corrected chi connectivity index (χ0v) is 11.9. The minimum absolute atomic E-state index is 1.34. The second kappa shape index (κ2) is 3.48. The average molecular weight is 276 g/mol. The maximum atomic E-state index is 2.37. The zero-order chi connectivity index (χ0) is 14.3. The lowest BCUT2D eigenvalue weighted by atomic mass is 10.0. The second-order valence-corrected chi connectivity index (χ2v) is 6.20. The summed E-state index contributed by atoms with van der Waals surface area (Å²) in [5.74, 6) is 0. The predicted molar refractivity (Wildman–Crippen MR) is 96.3 cm³/mol. The van der Waals surface area contributed by atoms with Crippen LogP contribution in [0.25, 0.3) is 53.9 Å². The molecule has 0 aliphatic rings. The Morgan fingerprint density at radius 3 is 1.73 bits per heavy atom. The molecule has 0 aromatic heterocycles. The standard InChI is InChI=1S/C22H12/c1-4-13-5-2-9-18-21(13)16(7-1)19-12-15-11-10-14-6-3-8-17(20(14)15)22(18)19/h1-12H. The van der Waals surface area contributed by atoms with Gasteiger partial charge in [-0.2, -0.15) is 0 Å².